The van der Waals surface area contributed by atoms with Crippen molar-refractivity contribution in [3.8, 4) is 0 Å². The summed E-state index contributed by atoms with van der Waals surface area (Å²) < 4.78 is 10.0. The second-order valence-electron chi connectivity index (χ2n) is 5.25. The average Bonchev–Trinajstić information content (AvgIpc) is 2.89. The van der Waals surface area contributed by atoms with E-state index in [0.717, 1.165) is 5.56 Å². The summed E-state index contributed by atoms with van der Waals surface area (Å²) >= 11 is 6.04. The SMILES string of the molecule is COC(=O)C[C@]1(NC(=O)c2ccc(C)c(Cl)c2)CCOC1. The molecule has 1 aliphatic rings. The molecular formula is C15H18ClNO4. The first kappa shape index (κ1) is 15.8. The molecule has 0 saturated carbocycles. The Morgan fingerprint density at radius 3 is 2.81 bits per heavy atom. The van der Waals surface area contributed by atoms with Crippen molar-refractivity contribution in [2.24, 2.45) is 0 Å². The zero-order valence-electron chi connectivity index (χ0n) is 12.1. The summed E-state index contributed by atoms with van der Waals surface area (Å²) in [4.78, 5) is 23.9. The van der Waals surface area contributed by atoms with Crippen LogP contribution in [-0.2, 0) is 14.3 Å². The lowest BCUT2D eigenvalue weighted by Gasteiger charge is -2.27. The first-order chi connectivity index (χ1) is 9.96. The molecule has 1 fully saturated rings. The number of rotatable bonds is 4. The van der Waals surface area contributed by atoms with E-state index in [0.29, 0.717) is 30.2 Å². The zero-order chi connectivity index (χ0) is 15.5. The van der Waals surface area contributed by atoms with Crippen LogP contribution in [0.3, 0.4) is 0 Å². The van der Waals surface area contributed by atoms with Gasteiger partial charge in [0.2, 0.25) is 0 Å². The summed E-state index contributed by atoms with van der Waals surface area (Å²) in [5.41, 5.74) is 0.657. The molecule has 1 aromatic carbocycles. The van der Waals surface area contributed by atoms with Gasteiger partial charge in [0.15, 0.2) is 0 Å². The maximum absolute atomic E-state index is 12.4. The highest BCUT2D eigenvalue weighted by Gasteiger charge is 2.39. The third-order valence-electron chi connectivity index (χ3n) is 3.63. The lowest BCUT2D eigenvalue weighted by Crippen LogP contribution is -2.50. The molecule has 5 nitrogen and oxygen atoms in total. The maximum Gasteiger partial charge on any atom is 0.307 e. The highest BCUT2D eigenvalue weighted by Crippen LogP contribution is 2.24. The largest absolute Gasteiger partial charge is 0.469 e. The summed E-state index contributed by atoms with van der Waals surface area (Å²) in [6.45, 7) is 2.67. The molecule has 114 valence electrons. The van der Waals surface area contributed by atoms with E-state index in [9.17, 15) is 9.59 Å². The molecular weight excluding hydrogens is 294 g/mol. The number of carbonyl (C=O) groups excluding carboxylic acids is 2. The Kier molecular flexibility index (Phi) is 4.85. The van der Waals surface area contributed by atoms with Gasteiger partial charge in [0.1, 0.15) is 0 Å². The van der Waals surface area contributed by atoms with Gasteiger partial charge >= 0.3 is 5.97 Å². The Morgan fingerprint density at radius 2 is 2.24 bits per heavy atom. The molecule has 1 N–H and O–H groups in total. The summed E-state index contributed by atoms with van der Waals surface area (Å²) in [5.74, 6) is -0.644. The van der Waals surface area contributed by atoms with Crippen LogP contribution in [-0.4, -0.2) is 37.7 Å². The molecule has 0 aliphatic carbocycles. The van der Waals surface area contributed by atoms with Gasteiger partial charge < -0.3 is 14.8 Å². The highest BCUT2D eigenvalue weighted by atomic mass is 35.5. The van der Waals surface area contributed by atoms with Crippen molar-refractivity contribution in [2.75, 3.05) is 20.3 Å². The first-order valence-electron chi connectivity index (χ1n) is 6.69. The van der Waals surface area contributed by atoms with Crippen LogP contribution in [0.5, 0.6) is 0 Å². The number of aryl methyl sites for hydroxylation is 1. The lowest BCUT2D eigenvalue weighted by molar-refractivity contribution is -0.142. The van der Waals surface area contributed by atoms with Gasteiger partial charge in [0.25, 0.3) is 5.91 Å². The number of amides is 1. The Bertz CT molecular complexity index is 553. The number of ether oxygens (including phenoxy) is 2. The van der Waals surface area contributed by atoms with Crippen molar-refractivity contribution in [3.05, 3.63) is 34.3 Å². The minimum atomic E-state index is -0.707. The summed E-state index contributed by atoms with van der Waals surface area (Å²) in [5, 5.41) is 3.43. The van der Waals surface area contributed by atoms with E-state index in [1.807, 2.05) is 6.92 Å². The van der Waals surface area contributed by atoms with E-state index in [-0.39, 0.29) is 18.3 Å². The van der Waals surface area contributed by atoms with Crippen molar-refractivity contribution in [1.82, 2.24) is 5.32 Å². The number of esters is 1. The normalized spacial score (nSPS) is 21.1. The quantitative estimate of drug-likeness (QED) is 0.865. The third-order valence-corrected chi connectivity index (χ3v) is 4.03. The van der Waals surface area contributed by atoms with Crippen molar-refractivity contribution < 1.29 is 19.1 Å². The summed E-state index contributed by atoms with van der Waals surface area (Å²) in [6.07, 6.45) is 0.669. The Labute approximate surface area is 128 Å². The predicted octanol–water partition coefficient (Wildman–Crippen LogP) is 2.10. The number of halogens is 1. The molecule has 2 rings (SSSR count). The number of methoxy groups -OCH3 is 1. The first-order valence-corrected chi connectivity index (χ1v) is 7.07. The lowest BCUT2D eigenvalue weighted by atomic mass is 9.93. The topological polar surface area (TPSA) is 64.6 Å². The standard InChI is InChI=1S/C15H18ClNO4/c1-10-3-4-11(7-12(10)16)14(19)17-15(5-6-21-9-15)8-13(18)20-2/h3-4,7H,5-6,8-9H2,1-2H3,(H,17,19)/t15-/m1/s1. The number of hydrogen-bond donors (Lipinski definition) is 1. The van der Waals surface area contributed by atoms with Crippen LogP contribution in [0.2, 0.25) is 5.02 Å². The van der Waals surface area contributed by atoms with Gasteiger partial charge in [-0.2, -0.15) is 0 Å². The van der Waals surface area contributed by atoms with Crippen LogP contribution < -0.4 is 5.32 Å². The van der Waals surface area contributed by atoms with E-state index in [4.69, 9.17) is 21.1 Å². The molecule has 0 spiro atoms. The number of carbonyl (C=O) groups is 2. The molecule has 6 heteroatoms. The fraction of sp³-hybridized carbons (Fsp3) is 0.467. The second kappa shape index (κ2) is 6.45. The minimum Gasteiger partial charge on any atom is -0.469 e. The molecule has 1 atom stereocenters. The second-order valence-corrected chi connectivity index (χ2v) is 5.66. The van der Waals surface area contributed by atoms with E-state index >= 15 is 0 Å². The molecule has 0 bridgehead atoms. The zero-order valence-corrected chi connectivity index (χ0v) is 12.8. The predicted molar refractivity (Wildman–Crippen MR) is 78.5 cm³/mol. The van der Waals surface area contributed by atoms with Gasteiger partial charge in [-0.05, 0) is 31.0 Å². The van der Waals surface area contributed by atoms with E-state index in [1.165, 1.54) is 7.11 Å². The summed E-state index contributed by atoms with van der Waals surface area (Å²) in [6, 6.07) is 5.11. The Balaban J connectivity index is 2.14. The van der Waals surface area contributed by atoms with Gasteiger partial charge in [0.05, 0.1) is 25.7 Å². The fourth-order valence-electron chi connectivity index (χ4n) is 2.29. The third kappa shape index (κ3) is 3.74. The molecule has 21 heavy (non-hydrogen) atoms. The number of benzene rings is 1. The van der Waals surface area contributed by atoms with Crippen LogP contribution in [0.15, 0.2) is 18.2 Å². The van der Waals surface area contributed by atoms with Crippen LogP contribution >= 0.6 is 11.6 Å². The van der Waals surface area contributed by atoms with Gasteiger partial charge in [-0.25, -0.2) is 0 Å². The molecule has 1 heterocycles. The number of nitrogens with one attached hydrogen (secondary N) is 1. The van der Waals surface area contributed by atoms with Gasteiger partial charge in [0, 0.05) is 17.2 Å². The minimum absolute atomic E-state index is 0.0921. The maximum atomic E-state index is 12.4. The van der Waals surface area contributed by atoms with E-state index in [1.54, 1.807) is 18.2 Å². The monoisotopic (exact) mass is 311 g/mol. The molecule has 1 saturated heterocycles. The average molecular weight is 312 g/mol. The van der Waals surface area contributed by atoms with Crippen molar-refractivity contribution in [2.45, 2.75) is 25.3 Å². The number of hydrogen-bond acceptors (Lipinski definition) is 4. The molecule has 1 aliphatic heterocycles. The molecule has 0 unspecified atom stereocenters. The fourth-order valence-corrected chi connectivity index (χ4v) is 2.47. The van der Waals surface area contributed by atoms with E-state index in [2.05, 4.69) is 5.32 Å². The van der Waals surface area contributed by atoms with Crippen molar-refractivity contribution in [3.63, 3.8) is 0 Å². The van der Waals surface area contributed by atoms with Crippen LogP contribution in [0.1, 0.15) is 28.8 Å². The van der Waals surface area contributed by atoms with Crippen LogP contribution in [0, 0.1) is 6.92 Å². The smallest absolute Gasteiger partial charge is 0.307 e. The van der Waals surface area contributed by atoms with Crippen LogP contribution in [0.4, 0.5) is 0 Å². The van der Waals surface area contributed by atoms with Gasteiger partial charge in [-0.1, -0.05) is 17.7 Å². The van der Waals surface area contributed by atoms with Crippen LogP contribution in [0.25, 0.3) is 0 Å². The van der Waals surface area contributed by atoms with Crippen molar-refractivity contribution in [1.29, 1.82) is 0 Å². The summed E-state index contributed by atoms with van der Waals surface area (Å²) in [7, 11) is 1.33. The Morgan fingerprint density at radius 1 is 1.48 bits per heavy atom. The van der Waals surface area contributed by atoms with Gasteiger partial charge in [-0.15, -0.1) is 0 Å². The molecule has 1 aromatic rings. The van der Waals surface area contributed by atoms with Gasteiger partial charge in [-0.3, -0.25) is 9.59 Å². The molecule has 1 amide bonds. The van der Waals surface area contributed by atoms with Crippen molar-refractivity contribution >= 4 is 23.5 Å². The molecule has 0 aromatic heterocycles. The Hall–Kier alpha value is -1.59. The van der Waals surface area contributed by atoms with E-state index < -0.39 is 5.54 Å². The highest BCUT2D eigenvalue weighted by molar-refractivity contribution is 6.31. The molecule has 0 radical (unpaired) electrons.